The molecule has 0 unspecified atom stereocenters. The van der Waals surface area contributed by atoms with Crippen LogP contribution < -0.4 is 10.1 Å². The van der Waals surface area contributed by atoms with E-state index in [1.807, 2.05) is 48.5 Å². The number of rotatable bonds is 5. The Kier molecular flexibility index (Phi) is 4.99. The van der Waals surface area contributed by atoms with Crippen molar-refractivity contribution in [2.75, 3.05) is 13.7 Å². The number of methoxy groups -OCH3 is 1. The highest BCUT2D eigenvalue weighted by atomic mass is 16.5. The van der Waals surface area contributed by atoms with Gasteiger partial charge in [0.1, 0.15) is 5.75 Å². The summed E-state index contributed by atoms with van der Waals surface area (Å²) in [7, 11) is 1.66. The second-order valence-corrected chi connectivity index (χ2v) is 5.38. The van der Waals surface area contributed by atoms with Gasteiger partial charge in [0.05, 0.1) is 7.11 Å². The molecule has 3 heteroatoms. The number of carbonyl (C=O) groups is 1. The van der Waals surface area contributed by atoms with Crippen molar-refractivity contribution in [3.63, 3.8) is 0 Å². The number of hydrogen-bond acceptors (Lipinski definition) is 2. The largest absolute Gasteiger partial charge is 0.496 e. The molecule has 0 bridgehead atoms. The molecular formula is C18H21NO2. The van der Waals surface area contributed by atoms with Crippen LogP contribution in [0.15, 0.2) is 48.5 Å². The number of benzene rings is 2. The average Bonchev–Trinajstić information content (AvgIpc) is 2.52. The summed E-state index contributed by atoms with van der Waals surface area (Å²) in [5.41, 5.74) is 2.73. The molecule has 2 aromatic carbocycles. The van der Waals surface area contributed by atoms with Crippen molar-refractivity contribution in [2.24, 2.45) is 5.92 Å². The SMILES string of the molecule is COc1ccccc1-c1ccc(C(=O)NCC(C)C)cc1. The highest BCUT2D eigenvalue weighted by Gasteiger charge is 2.08. The van der Waals surface area contributed by atoms with Crippen molar-refractivity contribution in [1.29, 1.82) is 0 Å². The van der Waals surface area contributed by atoms with Gasteiger partial charge >= 0.3 is 0 Å². The Morgan fingerprint density at radius 1 is 1.10 bits per heavy atom. The summed E-state index contributed by atoms with van der Waals surface area (Å²) in [4.78, 5) is 12.0. The van der Waals surface area contributed by atoms with Crippen LogP contribution in [-0.2, 0) is 0 Å². The van der Waals surface area contributed by atoms with E-state index < -0.39 is 0 Å². The molecule has 0 aliphatic rings. The molecule has 0 atom stereocenters. The zero-order valence-electron chi connectivity index (χ0n) is 12.7. The molecular weight excluding hydrogens is 262 g/mol. The van der Waals surface area contributed by atoms with Gasteiger partial charge in [0.2, 0.25) is 0 Å². The number of amides is 1. The van der Waals surface area contributed by atoms with E-state index in [9.17, 15) is 4.79 Å². The Labute approximate surface area is 126 Å². The lowest BCUT2D eigenvalue weighted by atomic mass is 10.0. The maximum Gasteiger partial charge on any atom is 0.251 e. The molecule has 2 aromatic rings. The molecule has 0 spiro atoms. The van der Waals surface area contributed by atoms with Gasteiger partial charge in [-0.1, -0.05) is 44.2 Å². The van der Waals surface area contributed by atoms with Crippen LogP contribution in [0.25, 0.3) is 11.1 Å². The molecule has 0 saturated carbocycles. The molecule has 0 saturated heterocycles. The quantitative estimate of drug-likeness (QED) is 0.907. The van der Waals surface area contributed by atoms with Crippen molar-refractivity contribution in [2.45, 2.75) is 13.8 Å². The van der Waals surface area contributed by atoms with Gasteiger partial charge in [-0.2, -0.15) is 0 Å². The normalized spacial score (nSPS) is 10.5. The first-order valence-corrected chi connectivity index (χ1v) is 7.13. The molecule has 21 heavy (non-hydrogen) atoms. The van der Waals surface area contributed by atoms with Crippen molar-refractivity contribution in [3.05, 3.63) is 54.1 Å². The van der Waals surface area contributed by atoms with Crippen LogP contribution in [0, 0.1) is 5.92 Å². The van der Waals surface area contributed by atoms with Crippen molar-refractivity contribution < 1.29 is 9.53 Å². The van der Waals surface area contributed by atoms with Crippen LogP contribution >= 0.6 is 0 Å². The zero-order valence-corrected chi connectivity index (χ0v) is 12.7. The van der Waals surface area contributed by atoms with E-state index in [0.29, 0.717) is 18.0 Å². The van der Waals surface area contributed by atoms with E-state index in [0.717, 1.165) is 16.9 Å². The fraction of sp³-hybridized carbons (Fsp3) is 0.278. The zero-order chi connectivity index (χ0) is 15.2. The highest BCUT2D eigenvalue weighted by Crippen LogP contribution is 2.29. The topological polar surface area (TPSA) is 38.3 Å². The van der Waals surface area contributed by atoms with Gasteiger partial charge in [0.15, 0.2) is 0 Å². The van der Waals surface area contributed by atoms with Crippen molar-refractivity contribution in [3.8, 4) is 16.9 Å². The van der Waals surface area contributed by atoms with Crippen LogP contribution in [0.4, 0.5) is 0 Å². The van der Waals surface area contributed by atoms with Gasteiger partial charge < -0.3 is 10.1 Å². The minimum absolute atomic E-state index is 0.0322. The van der Waals surface area contributed by atoms with Gasteiger partial charge in [-0.15, -0.1) is 0 Å². The fourth-order valence-corrected chi connectivity index (χ4v) is 2.08. The summed E-state index contributed by atoms with van der Waals surface area (Å²) in [6.07, 6.45) is 0. The van der Waals surface area contributed by atoms with Crippen LogP contribution in [0.1, 0.15) is 24.2 Å². The molecule has 0 fully saturated rings. The molecule has 0 aromatic heterocycles. The average molecular weight is 283 g/mol. The van der Waals surface area contributed by atoms with Gasteiger partial charge in [0, 0.05) is 17.7 Å². The lowest BCUT2D eigenvalue weighted by molar-refractivity contribution is 0.0949. The maximum absolute atomic E-state index is 12.0. The van der Waals surface area contributed by atoms with Crippen LogP contribution in [0.3, 0.4) is 0 Å². The second-order valence-electron chi connectivity index (χ2n) is 5.38. The maximum atomic E-state index is 12.0. The Morgan fingerprint density at radius 3 is 2.38 bits per heavy atom. The standard InChI is InChI=1S/C18H21NO2/c1-13(2)12-19-18(20)15-10-8-14(9-11-15)16-6-4-5-7-17(16)21-3/h4-11,13H,12H2,1-3H3,(H,19,20). The summed E-state index contributed by atoms with van der Waals surface area (Å²) in [6.45, 7) is 4.84. The third-order valence-corrected chi connectivity index (χ3v) is 3.24. The molecule has 1 amide bonds. The number of ether oxygens (including phenoxy) is 1. The summed E-state index contributed by atoms with van der Waals surface area (Å²) in [6, 6.07) is 15.4. The van der Waals surface area contributed by atoms with E-state index in [1.54, 1.807) is 7.11 Å². The first-order valence-electron chi connectivity index (χ1n) is 7.13. The van der Waals surface area contributed by atoms with E-state index in [1.165, 1.54) is 0 Å². The van der Waals surface area contributed by atoms with Gasteiger partial charge in [0.25, 0.3) is 5.91 Å². The first-order chi connectivity index (χ1) is 10.1. The lowest BCUT2D eigenvalue weighted by Gasteiger charge is -2.10. The van der Waals surface area contributed by atoms with E-state index in [2.05, 4.69) is 19.2 Å². The van der Waals surface area contributed by atoms with Gasteiger partial charge in [-0.3, -0.25) is 4.79 Å². The predicted octanol–water partition coefficient (Wildman–Crippen LogP) is 3.75. The summed E-state index contributed by atoms with van der Waals surface area (Å²) < 4.78 is 5.36. The summed E-state index contributed by atoms with van der Waals surface area (Å²) in [5.74, 6) is 1.24. The van der Waals surface area contributed by atoms with E-state index in [4.69, 9.17) is 4.74 Å². The predicted molar refractivity (Wildman–Crippen MR) is 85.6 cm³/mol. The Morgan fingerprint density at radius 2 is 1.76 bits per heavy atom. The Balaban J connectivity index is 2.17. The van der Waals surface area contributed by atoms with Gasteiger partial charge in [-0.05, 0) is 29.7 Å². The monoisotopic (exact) mass is 283 g/mol. The lowest BCUT2D eigenvalue weighted by Crippen LogP contribution is -2.27. The third kappa shape index (κ3) is 3.85. The second kappa shape index (κ2) is 6.93. The van der Waals surface area contributed by atoms with E-state index in [-0.39, 0.29) is 5.91 Å². The van der Waals surface area contributed by atoms with Crippen LogP contribution in [0.5, 0.6) is 5.75 Å². The third-order valence-electron chi connectivity index (χ3n) is 3.24. The molecule has 0 heterocycles. The number of carbonyl (C=O) groups excluding carboxylic acids is 1. The summed E-state index contributed by atoms with van der Waals surface area (Å²) in [5, 5.41) is 2.92. The number of para-hydroxylation sites is 1. The fourth-order valence-electron chi connectivity index (χ4n) is 2.08. The molecule has 0 aliphatic carbocycles. The number of hydrogen-bond donors (Lipinski definition) is 1. The first kappa shape index (κ1) is 15.1. The molecule has 0 aliphatic heterocycles. The molecule has 3 nitrogen and oxygen atoms in total. The molecule has 2 rings (SSSR count). The van der Waals surface area contributed by atoms with Crippen LogP contribution in [0.2, 0.25) is 0 Å². The van der Waals surface area contributed by atoms with Crippen molar-refractivity contribution >= 4 is 5.91 Å². The van der Waals surface area contributed by atoms with Crippen molar-refractivity contribution in [1.82, 2.24) is 5.32 Å². The smallest absolute Gasteiger partial charge is 0.251 e. The highest BCUT2D eigenvalue weighted by molar-refractivity contribution is 5.94. The Bertz CT molecular complexity index is 603. The molecule has 1 N–H and O–H groups in total. The number of nitrogens with one attached hydrogen (secondary N) is 1. The minimum atomic E-state index is -0.0322. The Hall–Kier alpha value is -2.29. The molecule has 110 valence electrons. The van der Waals surface area contributed by atoms with Crippen LogP contribution in [-0.4, -0.2) is 19.6 Å². The van der Waals surface area contributed by atoms with Gasteiger partial charge in [-0.25, -0.2) is 0 Å². The summed E-state index contributed by atoms with van der Waals surface area (Å²) >= 11 is 0. The molecule has 0 radical (unpaired) electrons. The van der Waals surface area contributed by atoms with E-state index >= 15 is 0 Å². The minimum Gasteiger partial charge on any atom is -0.496 e.